The monoisotopic (exact) mass is 342 g/mol. The molecule has 1 aromatic carbocycles. The van der Waals surface area contributed by atoms with Crippen LogP contribution in [0.1, 0.15) is 37.0 Å². The Bertz CT molecular complexity index is 687. The fraction of sp³-hybridized carbons (Fsp3) is 0.500. The summed E-state index contributed by atoms with van der Waals surface area (Å²) in [5.74, 6) is -0.370. The molecule has 3 rings (SSSR count). The summed E-state index contributed by atoms with van der Waals surface area (Å²) in [6.45, 7) is 1.26. The molecule has 2 aliphatic rings. The van der Waals surface area contributed by atoms with E-state index < -0.39 is 35.3 Å². The first-order valence-electron chi connectivity index (χ1n) is 7.62. The minimum absolute atomic E-state index is 0.00505. The van der Waals surface area contributed by atoms with Gasteiger partial charge in [-0.05, 0) is 43.4 Å². The Morgan fingerprint density at radius 1 is 1.38 bits per heavy atom. The van der Waals surface area contributed by atoms with Gasteiger partial charge in [-0.15, -0.1) is 0 Å². The molecular formula is C16H17F3N2O3. The molecule has 8 heteroatoms. The topological polar surface area (TPSA) is 69.6 Å². The van der Waals surface area contributed by atoms with E-state index in [4.69, 9.17) is 0 Å². The summed E-state index contributed by atoms with van der Waals surface area (Å²) in [4.78, 5) is 25.4. The third-order valence-corrected chi connectivity index (χ3v) is 4.65. The fourth-order valence-electron chi connectivity index (χ4n) is 3.02. The number of nitrogens with zero attached hydrogens (tertiary/aromatic N) is 1. The molecule has 1 heterocycles. The molecule has 0 radical (unpaired) electrons. The molecule has 0 unspecified atom stereocenters. The molecule has 1 aliphatic heterocycles. The average molecular weight is 342 g/mol. The first-order valence-corrected chi connectivity index (χ1v) is 7.62. The Balaban J connectivity index is 1.76. The molecule has 3 amide bonds. The van der Waals surface area contributed by atoms with Gasteiger partial charge in [-0.1, -0.05) is 12.1 Å². The smallest absolute Gasteiger partial charge is 0.387 e. The van der Waals surface area contributed by atoms with Crippen LogP contribution in [0, 0.1) is 5.92 Å². The molecule has 1 saturated heterocycles. The van der Waals surface area contributed by atoms with E-state index in [-0.39, 0.29) is 18.0 Å². The Hall–Kier alpha value is -2.09. The molecule has 2 fully saturated rings. The Labute approximate surface area is 136 Å². The van der Waals surface area contributed by atoms with E-state index in [1.807, 2.05) is 0 Å². The number of aliphatic hydroxyl groups is 1. The normalized spacial score (nSPS) is 25.8. The van der Waals surface area contributed by atoms with Crippen LogP contribution in [0.5, 0.6) is 0 Å². The van der Waals surface area contributed by atoms with Gasteiger partial charge >= 0.3 is 12.2 Å². The molecule has 1 saturated carbocycles. The SMILES string of the molecule is C[C@@]1(C2CC2)NC(=O)N(C[C@H](O)c2cccc(C(F)(F)F)c2)C1=O. The zero-order chi connectivity index (χ0) is 17.7. The number of nitrogens with one attached hydrogen (secondary N) is 1. The van der Waals surface area contributed by atoms with Crippen molar-refractivity contribution in [3.63, 3.8) is 0 Å². The summed E-state index contributed by atoms with van der Waals surface area (Å²) >= 11 is 0. The van der Waals surface area contributed by atoms with Crippen LogP contribution in [0.3, 0.4) is 0 Å². The predicted octanol–water partition coefficient (Wildman–Crippen LogP) is 2.46. The highest BCUT2D eigenvalue weighted by molar-refractivity contribution is 6.07. The van der Waals surface area contributed by atoms with E-state index >= 15 is 0 Å². The van der Waals surface area contributed by atoms with Crippen molar-refractivity contribution in [2.24, 2.45) is 5.92 Å². The summed E-state index contributed by atoms with van der Waals surface area (Å²) in [6, 6.07) is 3.61. The minimum Gasteiger partial charge on any atom is -0.387 e. The number of aliphatic hydroxyl groups excluding tert-OH is 1. The Morgan fingerprint density at radius 2 is 2.04 bits per heavy atom. The number of carbonyl (C=O) groups is 2. The second-order valence-electron chi connectivity index (χ2n) is 6.46. The number of β-amino-alcohol motifs (C(OH)–C–C–N with tert-alkyl or cyclic N) is 1. The van der Waals surface area contributed by atoms with Crippen LogP contribution < -0.4 is 5.32 Å². The van der Waals surface area contributed by atoms with Gasteiger partial charge in [0.2, 0.25) is 0 Å². The van der Waals surface area contributed by atoms with Crippen molar-refractivity contribution in [1.82, 2.24) is 10.2 Å². The lowest BCUT2D eigenvalue weighted by Gasteiger charge is -2.22. The molecule has 24 heavy (non-hydrogen) atoms. The van der Waals surface area contributed by atoms with Crippen molar-refractivity contribution in [3.05, 3.63) is 35.4 Å². The summed E-state index contributed by atoms with van der Waals surface area (Å²) in [7, 11) is 0. The molecule has 1 aliphatic carbocycles. The third-order valence-electron chi connectivity index (χ3n) is 4.65. The van der Waals surface area contributed by atoms with Gasteiger partial charge in [-0.3, -0.25) is 9.69 Å². The zero-order valence-electron chi connectivity index (χ0n) is 12.9. The van der Waals surface area contributed by atoms with Gasteiger partial charge in [0.1, 0.15) is 5.54 Å². The lowest BCUT2D eigenvalue weighted by molar-refractivity contribution is -0.138. The maximum atomic E-state index is 12.7. The lowest BCUT2D eigenvalue weighted by atomic mass is 9.96. The number of alkyl halides is 3. The number of urea groups is 1. The summed E-state index contributed by atoms with van der Waals surface area (Å²) in [5, 5.41) is 12.8. The van der Waals surface area contributed by atoms with Crippen LogP contribution in [0.25, 0.3) is 0 Å². The van der Waals surface area contributed by atoms with Crippen molar-refractivity contribution < 1.29 is 27.9 Å². The van der Waals surface area contributed by atoms with Crippen molar-refractivity contribution >= 4 is 11.9 Å². The number of amides is 3. The van der Waals surface area contributed by atoms with Crippen LogP contribution in [-0.4, -0.2) is 34.0 Å². The second-order valence-corrected chi connectivity index (χ2v) is 6.46. The summed E-state index contributed by atoms with van der Waals surface area (Å²) < 4.78 is 38.2. The van der Waals surface area contributed by atoms with Gasteiger partial charge in [-0.25, -0.2) is 4.79 Å². The highest BCUT2D eigenvalue weighted by atomic mass is 19.4. The molecule has 1 aromatic rings. The van der Waals surface area contributed by atoms with E-state index in [0.717, 1.165) is 29.9 Å². The standard InChI is InChI=1S/C16H17F3N2O3/c1-15(10-5-6-10)13(23)21(14(24)20-15)8-12(22)9-3-2-4-11(7-9)16(17,18)19/h2-4,7,10,12,22H,5-6,8H2,1H3,(H,20,24)/t12-,15-/m0/s1. The lowest BCUT2D eigenvalue weighted by Crippen LogP contribution is -2.46. The van der Waals surface area contributed by atoms with Crippen molar-refractivity contribution in [1.29, 1.82) is 0 Å². The molecule has 130 valence electrons. The summed E-state index contributed by atoms with van der Waals surface area (Å²) in [5.41, 5.74) is -1.87. The van der Waals surface area contributed by atoms with E-state index in [1.165, 1.54) is 12.1 Å². The van der Waals surface area contributed by atoms with Crippen LogP contribution >= 0.6 is 0 Å². The highest BCUT2D eigenvalue weighted by Crippen LogP contribution is 2.43. The minimum atomic E-state index is -4.53. The van der Waals surface area contributed by atoms with Gasteiger partial charge in [0.25, 0.3) is 5.91 Å². The average Bonchev–Trinajstić information content (AvgIpc) is 3.33. The highest BCUT2D eigenvalue weighted by Gasteiger charge is 2.56. The number of imide groups is 1. The number of hydrogen-bond donors (Lipinski definition) is 2. The van der Waals surface area contributed by atoms with Gasteiger partial charge < -0.3 is 10.4 Å². The van der Waals surface area contributed by atoms with E-state index in [2.05, 4.69) is 5.32 Å². The number of carbonyl (C=O) groups excluding carboxylic acids is 2. The largest absolute Gasteiger partial charge is 0.416 e. The molecule has 2 N–H and O–H groups in total. The maximum absolute atomic E-state index is 12.7. The van der Waals surface area contributed by atoms with E-state index in [1.54, 1.807) is 6.92 Å². The van der Waals surface area contributed by atoms with Crippen molar-refractivity contribution in [2.45, 2.75) is 37.6 Å². The Kier molecular flexibility index (Phi) is 3.82. The molecule has 5 nitrogen and oxygen atoms in total. The van der Waals surface area contributed by atoms with Crippen molar-refractivity contribution in [2.75, 3.05) is 6.54 Å². The van der Waals surface area contributed by atoms with Gasteiger partial charge in [0.15, 0.2) is 0 Å². The summed E-state index contributed by atoms with van der Waals surface area (Å²) in [6.07, 6.45) is -4.23. The van der Waals surface area contributed by atoms with Gasteiger partial charge in [-0.2, -0.15) is 13.2 Å². The number of rotatable bonds is 4. The molecule has 0 spiro atoms. The van der Waals surface area contributed by atoms with Crippen LogP contribution in [0.15, 0.2) is 24.3 Å². The molecule has 0 aromatic heterocycles. The molecular weight excluding hydrogens is 325 g/mol. The van der Waals surface area contributed by atoms with Crippen LogP contribution in [0.2, 0.25) is 0 Å². The van der Waals surface area contributed by atoms with E-state index in [0.29, 0.717) is 0 Å². The van der Waals surface area contributed by atoms with Crippen LogP contribution in [-0.2, 0) is 11.0 Å². The van der Waals surface area contributed by atoms with E-state index in [9.17, 15) is 27.9 Å². The number of halogens is 3. The number of benzene rings is 1. The Morgan fingerprint density at radius 3 is 2.62 bits per heavy atom. The third kappa shape index (κ3) is 2.86. The zero-order valence-corrected chi connectivity index (χ0v) is 12.9. The predicted molar refractivity (Wildman–Crippen MR) is 77.8 cm³/mol. The van der Waals surface area contributed by atoms with Crippen molar-refractivity contribution in [3.8, 4) is 0 Å². The first-order chi connectivity index (χ1) is 11.1. The molecule has 0 bridgehead atoms. The second kappa shape index (κ2) is 5.47. The fourth-order valence-corrected chi connectivity index (χ4v) is 3.02. The molecule has 2 atom stereocenters. The number of hydrogen-bond acceptors (Lipinski definition) is 3. The quantitative estimate of drug-likeness (QED) is 0.826. The van der Waals surface area contributed by atoms with Crippen LogP contribution in [0.4, 0.5) is 18.0 Å². The first kappa shape index (κ1) is 16.8. The van der Waals surface area contributed by atoms with Gasteiger partial charge in [0, 0.05) is 0 Å². The van der Waals surface area contributed by atoms with Gasteiger partial charge in [0.05, 0.1) is 18.2 Å². The maximum Gasteiger partial charge on any atom is 0.416 e.